The molecular formula is C25H29N5O3. The Balaban J connectivity index is 1.42. The van der Waals surface area contributed by atoms with E-state index in [0.29, 0.717) is 5.82 Å². The Morgan fingerprint density at radius 3 is 2.42 bits per heavy atom. The molecule has 8 nitrogen and oxygen atoms in total. The van der Waals surface area contributed by atoms with Gasteiger partial charge in [-0.2, -0.15) is 5.10 Å². The van der Waals surface area contributed by atoms with Crippen LogP contribution in [0.2, 0.25) is 0 Å². The first-order valence-electron chi connectivity index (χ1n) is 11.2. The number of anilines is 3. The molecule has 1 saturated heterocycles. The Labute approximate surface area is 193 Å². The number of ether oxygens (including phenoxy) is 1. The molecule has 172 valence electrons. The van der Waals surface area contributed by atoms with Crippen LogP contribution in [-0.4, -0.2) is 49.0 Å². The topological polar surface area (TPSA) is 79.7 Å². The number of para-hydroxylation sites is 3. The Morgan fingerprint density at radius 2 is 1.67 bits per heavy atom. The zero-order chi connectivity index (χ0) is 23.2. The van der Waals surface area contributed by atoms with Crippen LogP contribution in [0.4, 0.5) is 17.2 Å². The number of carbonyl (C=O) groups excluding carboxylic acids is 1. The number of hydrogen-bond donors (Lipinski definition) is 1. The van der Waals surface area contributed by atoms with Crippen molar-refractivity contribution in [1.29, 1.82) is 0 Å². The Kier molecular flexibility index (Phi) is 6.92. The molecule has 0 aliphatic carbocycles. The largest absolute Gasteiger partial charge is 0.495 e. The van der Waals surface area contributed by atoms with Crippen molar-refractivity contribution < 1.29 is 9.53 Å². The molecule has 1 aromatic heterocycles. The van der Waals surface area contributed by atoms with E-state index < -0.39 is 0 Å². The molecule has 1 aliphatic rings. The van der Waals surface area contributed by atoms with Gasteiger partial charge in [0, 0.05) is 37.9 Å². The van der Waals surface area contributed by atoms with Gasteiger partial charge in [-0.3, -0.25) is 9.59 Å². The van der Waals surface area contributed by atoms with Crippen LogP contribution in [0.1, 0.15) is 12.5 Å². The minimum atomic E-state index is -0.301. The predicted octanol–water partition coefficient (Wildman–Crippen LogP) is 2.78. The van der Waals surface area contributed by atoms with Crippen molar-refractivity contribution in [2.24, 2.45) is 0 Å². The Hall–Kier alpha value is -3.81. The van der Waals surface area contributed by atoms with E-state index in [1.54, 1.807) is 13.2 Å². The molecule has 8 heteroatoms. The number of carbonyl (C=O) groups is 1. The summed E-state index contributed by atoms with van der Waals surface area (Å²) in [5.41, 5.74) is 2.58. The average Bonchev–Trinajstić information content (AvgIpc) is 2.86. The lowest BCUT2D eigenvalue weighted by Gasteiger charge is -2.37. The molecular weight excluding hydrogens is 418 g/mol. The van der Waals surface area contributed by atoms with E-state index >= 15 is 0 Å². The van der Waals surface area contributed by atoms with Gasteiger partial charge < -0.3 is 19.9 Å². The van der Waals surface area contributed by atoms with Crippen LogP contribution in [0.3, 0.4) is 0 Å². The van der Waals surface area contributed by atoms with Crippen molar-refractivity contribution >= 4 is 23.1 Å². The summed E-state index contributed by atoms with van der Waals surface area (Å²) in [5.74, 6) is 1.27. The van der Waals surface area contributed by atoms with Gasteiger partial charge in [0.05, 0.1) is 12.8 Å². The van der Waals surface area contributed by atoms with Crippen molar-refractivity contribution in [2.75, 3.05) is 48.4 Å². The van der Waals surface area contributed by atoms with E-state index in [1.807, 2.05) is 49.4 Å². The fourth-order valence-electron chi connectivity index (χ4n) is 4.06. The smallest absolute Gasteiger partial charge is 0.267 e. The van der Waals surface area contributed by atoms with E-state index in [-0.39, 0.29) is 18.0 Å². The lowest BCUT2D eigenvalue weighted by molar-refractivity contribution is -0.117. The van der Waals surface area contributed by atoms with Gasteiger partial charge in [-0.05, 0) is 36.2 Å². The number of nitrogens with one attached hydrogen (secondary N) is 1. The quantitative estimate of drug-likeness (QED) is 0.600. The number of nitrogens with zero attached hydrogens (tertiary/aromatic N) is 4. The highest BCUT2D eigenvalue weighted by atomic mass is 16.5. The van der Waals surface area contributed by atoms with Crippen molar-refractivity contribution in [3.63, 3.8) is 0 Å². The minimum absolute atomic E-state index is 0.133. The molecule has 0 bridgehead atoms. The fourth-order valence-corrected chi connectivity index (χ4v) is 4.06. The normalized spacial score (nSPS) is 13.6. The summed E-state index contributed by atoms with van der Waals surface area (Å²) in [4.78, 5) is 29.4. The zero-order valence-electron chi connectivity index (χ0n) is 19.0. The van der Waals surface area contributed by atoms with Crippen molar-refractivity contribution in [2.45, 2.75) is 19.9 Å². The first-order chi connectivity index (χ1) is 16.1. The molecule has 1 aliphatic heterocycles. The summed E-state index contributed by atoms with van der Waals surface area (Å²) in [7, 11) is 1.68. The summed E-state index contributed by atoms with van der Waals surface area (Å²) in [5, 5.41) is 7.38. The lowest BCUT2D eigenvalue weighted by atomic mass is 10.1. The maximum Gasteiger partial charge on any atom is 0.267 e. The fraction of sp³-hybridized carbons (Fsp3) is 0.320. The second kappa shape index (κ2) is 10.2. The molecule has 1 amide bonds. The van der Waals surface area contributed by atoms with Crippen molar-refractivity contribution in [3.05, 3.63) is 76.6 Å². The second-order valence-corrected chi connectivity index (χ2v) is 7.89. The first kappa shape index (κ1) is 22.4. The minimum Gasteiger partial charge on any atom is -0.495 e. The van der Waals surface area contributed by atoms with E-state index in [4.69, 9.17) is 4.74 Å². The number of aromatic nitrogens is 2. The number of rotatable bonds is 7. The molecule has 0 unspecified atom stereocenters. The van der Waals surface area contributed by atoms with Gasteiger partial charge in [-0.25, -0.2) is 4.68 Å². The predicted molar refractivity (Wildman–Crippen MR) is 130 cm³/mol. The highest BCUT2D eigenvalue weighted by Crippen LogP contribution is 2.28. The monoisotopic (exact) mass is 447 g/mol. The number of aryl methyl sites for hydroxylation is 1. The summed E-state index contributed by atoms with van der Waals surface area (Å²) in [6, 6.07) is 18.8. The zero-order valence-corrected chi connectivity index (χ0v) is 19.0. The van der Waals surface area contributed by atoms with Crippen molar-refractivity contribution in [3.8, 4) is 5.75 Å². The molecule has 33 heavy (non-hydrogen) atoms. The summed E-state index contributed by atoms with van der Waals surface area (Å²) in [6.07, 6.45) is 0.810. The highest BCUT2D eigenvalue weighted by molar-refractivity contribution is 5.91. The lowest BCUT2D eigenvalue weighted by Crippen LogP contribution is -2.47. The van der Waals surface area contributed by atoms with Gasteiger partial charge in [-0.1, -0.05) is 37.3 Å². The van der Waals surface area contributed by atoms with Gasteiger partial charge in [0.25, 0.3) is 5.56 Å². The number of methoxy groups -OCH3 is 1. The maximum atomic E-state index is 12.6. The molecule has 0 saturated carbocycles. The van der Waals surface area contributed by atoms with Gasteiger partial charge in [-0.15, -0.1) is 0 Å². The SMILES string of the molecule is CCc1ccccc1NC(=O)Cn1nc(N2CCN(c3ccccc3OC)CC2)ccc1=O. The van der Waals surface area contributed by atoms with Crippen LogP contribution in [-0.2, 0) is 17.8 Å². The maximum absolute atomic E-state index is 12.6. The molecule has 3 aromatic rings. The molecule has 2 heterocycles. The molecule has 1 N–H and O–H groups in total. The van der Waals surface area contributed by atoms with E-state index in [9.17, 15) is 9.59 Å². The average molecular weight is 448 g/mol. The third-order valence-electron chi connectivity index (χ3n) is 5.85. The first-order valence-corrected chi connectivity index (χ1v) is 11.2. The van der Waals surface area contributed by atoms with Gasteiger partial charge >= 0.3 is 0 Å². The molecule has 0 radical (unpaired) electrons. The van der Waals surface area contributed by atoms with Crippen LogP contribution >= 0.6 is 0 Å². The van der Waals surface area contributed by atoms with Gasteiger partial charge in [0.1, 0.15) is 18.1 Å². The van der Waals surface area contributed by atoms with Gasteiger partial charge in [0.15, 0.2) is 0 Å². The number of benzene rings is 2. The van der Waals surface area contributed by atoms with Crippen LogP contribution in [0, 0.1) is 0 Å². The van der Waals surface area contributed by atoms with Gasteiger partial charge in [0.2, 0.25) is 5.91 Å². The molecule has 0 atom stereocenters. The molecule has 4 rings (SSSR count). The van der Waals surface area contributed by atoms with Crippen LogP contribution in [0.5, 0.6) is 5.75 Å². The van der Waals surface area contributed by atoms with Crippen LogP contribution in [0.25, 0.3) is 0 Å². The standard InChI is InChI=1S/C25H29N5O3/c1-3-19-8-4-5-9-20(19)26-24(31)18-30-25(32)13-12-23(27-30)29-16-14-28(15-17-29)21-10-6-7-11-22(21)33-2/h4-13H,3,14-18H2,1-2H3,(H,26,31). The van der Waals surface area contributed by atoms with E-state index in [0.717, 1.165) is 55.3 Å². The number of amides is 1. The third-order valence-corrected chi connectivity index (χ3v) is 5.85. The van der Waals surface area contributed by atoms with Crippen LogP contribution in [0.15, 0.2) is 65.5 Å². The van der Waals surface area contributed by atoms with Crippen molar-refractivity contribution in [1.82, 2.24) is 9.78 Å². The number of piperazine rings is 1. The Morgan fingerprint density at radius 1 is 0.970 bits per heavy atom. The number of hydrogen-bond acceptors (Lipinski definition) is 6. The highest BCUT2D eigenvalue weighted by Gasteiger charge is 2.21. The summed E-state index contributed by atoms with van der Waals surface area (Å²) < 4.78 is 6.72. The van der Waals surface area contributed by atoms with Crippen LogP contribution < -0.4 is 25.4 Å². The molecule has 2 aromatic carbocycles. The van der Waals surface area contributed by atoms with E-state index in [2.05, 4.69) is 26.3 Å². The molecule has 1 fully saturated rings. The second-order valence-electron chi connectivity index (χ2n) is 7.89. The third kappa shape index (κ3) is 5.16. The molecule has 0 spiro atoms. The van der Waals surface area contributed by atoms with E-state index in [1.165, 1.54) is 10.7 Å². The Bertz CT molecular complexity index is 1170. The summed E-state index contributed by atoms with van der Waals surface area (Å²) in [6.45, 7) is 5.00. The summed E-state index contributed by atoms with van der Waals surface area (Å²) >= 11 is 0.